The summed E-state index contributed by atoms with van der Waals surface area (Å²) >= 11 is 5.86. The minimum absolute atomic E-state index is 0.103. The molecule has 1 saturated heterocycles. The third-order valence-corrected chi connectivity index (χ3v) is 6.48. The molecule has 1 aromatic heterocycles. The van der Waals surface area contributed by atoms with Crippen LogP contribution in [0.1, 0.15) is 42.6 Å². The first-order valence-corrected chi connectivity index (χ1v) is 11.2. The summed E-state index contributed by atoms with van der Waals surface area (Å²) in [4.78, 5) is 29.7. The first-order valence-electron chi connectivity index (χ1n) is 10.8. The molecule has 170 valence electrons. The summed E-state index contributed by atoms with van der Waals surface area (Å²) in [5.74, 6) is -0.171. The number of nitrogens with one attached hydrogen (secondary N) is 3. The van der Waals surface area contributed by atoms with Gasteiger partial charge in [0.15, 0.2) is 0 Å². The second-order valence-electron chi connectivity index (χ2n) is 8.62. The Kier molecular flexibility index (Phi) is 6.62. The highest BCUT2D eigenvalue weighted by Gasteiger charge is 2.32. The van der Waals surface area contributed by atoms with Gasteiger partial charge in [0.25, 0.3) is 0 Å². The number of carbonyl (C=O) groups excluding carboxylic acids is 2. The first kappa shape index (κ1) is 22.5. The molecule has 1 aliphatic heterocycles. The van der Waals surface area contributed by atoms with Crippen molar-refractivity contribution in [2.45, 2.75) is 50.7 Å². The van der Waals surface area contributed by atoms with Crippen LogP contribution in [0, 0.1) is 11.7 Å². The Morgan fingerprint density at radius 2 is 2.16 bits per heavy atom. The van der Waals surface area contributed by atoms with Crippen LogP contribution in [0.15, 0.2) is 30.3 Å². The van der Waals surface area contributed by atoms with Gasteiger partial charge in [-0.1, -0.05) is 23.7 Å². The number of halogens is 2. The summed E-state index contributed by atoms with van der Waals surface area (Å²) in [6.45, 7) is 2.35. The van der Waals surface area contributed by atoms with Gasteiger partial charge in [-0.3, -0.25) is 9.59 Å². The van der Waals surface area contributed by atoms with Gasteiger partial charge in [-0.15, -0.1) is 0 Å². The number of hydrogen-bond donors (Lipinski definition) is 4. The van der Waals surface area contributed by atoms with E-state index in [-0.39, 0.29) is 34.8 Å². The summed E-state index contributed by atoms with van der Waals surface area (Å²) < 4.78 is 13.3. The average Bonchev–Trinajstić information content (AvgIpc) is 3.37. The van der Waals surface area contributed by atoms with Crippen molar-refractivity contribution >= 4 is 29.2 Å². The van der Waals surface area contributed by atoms with Crippen LogP contribution in [-0.4, -0.2) is 35.4 Å². The molecule has 0 saturated carbocycles. The number of aromatic nitrogens is 1. The minimum Gasteiger partial charge on any atom is -0.384 e. The first-order chi connectivity index (χ1) is 15.3. The van der Waals surface area contributed by atoms with Gasteiger partial charge in [-0.2, -0.15) is 0 Å². The lowest BCUT2D eigenvalue weighted by atomic mass is 9.96. The molecule has 1 aliphatic carbocycles. The number of pyridine rings is 1. The predicted molar refractivity (Wildman–Crippen MR) is 120 cm³/mol. The largest absolute Gasteiger partial charge is 0.384 e. The fraction of sp³-hybridized carbons (Fsp3) is 0.435. The number of carbonyl (C=O) groups is 2. The Hall–Kier alpha value is -2.71. The highest BCUT2D eigenvalue weighted by Crippen LogP contribution is 2.30. The van der Waals surface area contributed by atoms with E-state index >= 15 is 0 Å². The molecule has 2 aromatic rings. The Morgan fingerprint density at radius 3 is 2.94 bits per heavy atom. The number of fused-ring (bicyclic) bond motifs is 1. The molecule has 2 aliphatic rings. The van der Waals surface area contributed by atoms with Gasteiger partial charge >= 0.3 is 0 Å². The van der Waals surface area contributed by atoms with Gasteiger partial charge in [-0.25, -0.2) is 9.37 Å². The van der Waals surface area contributed by atoms with Crippen LogP contribution >= 0.6 is 11.6 Å². The molecule has 0 radical (unpaired) electrons. The number of nitrogen functional groups attached to an aromatic ring is 1. The zero-order valence-corrected chi connectivity index (χ0v) is 18.6. The normalized spacial score (nSPS) is 22.9. The molecule has 2 heterocycles. The Morgan fingerprint density at radius 1 is 1.34 bits per heavy atom. The molecule has 5 N–H and O–H groups in total. The van der Waals surface area contributed by atoms with Crippen molar-refractivity contribution in [1.29, 1.82) is 0 Å². The average molecular weight is 460 g/mol. The molecular weight excluding hydrogens is 433 g/mol. The lowest BCUT2D eigenvalue weighted by Crippen LogP contribution is -2.50. The van der Waals surface area contributed by atoms with Crippen LogP contribution in [0.2, 0.25) is 5.02 Å². The van der Waals surface area contributed by atoms with E-state index in [4.69, 9.17) is 17.3 Å². The van der Waals surface area contributed by atoms with Crippen molar-refractivity contribution in [2.24, 2.45) is 5.92 Å². The number of rotatable bonds is 6. The van der Waals surface area contributed by atoms with E-state index in [0.717, 1.165) is 29.7 Å². The van der Waals surface area contributed by atoms with E-state index in [0.29, 0.717) is 25.2 Å². The molecule has 4 atom stereocenters. The number of amides is 2. The number of aryl methyl sites for hydroxylation is 1. The number of anilines is 1. The van der Waals surface area contributed by atoms with Crippen LogP contribution in [0.25, 0.3) is 0 Å². The fourth-order valence-electron chi connectivity index (χ4n) is 4.47. The second-order valence-corrected chi connectivity index (χ2v) is 9.02. The third kappa shape index (κ3) is 5.02. The molecule has 7 nitrogen and oxygen atoms in total. The molecule has 2 amide bonds. The van der Waals surface area contributed by atoms with E-state index in [2.05, 4.69) is 20.9 Å². The van der Waals surface area contributed by atoms with Crippen molar-refractivity contribution in [3.8, 4) is 0 Å². The fourth-order valence-corrected chi connectivity index (χ4v) is 4.68. The molecule has 0 spiro atoms. The molecule has 32 heavy (non-hydrogen) atoms. The summed E-state index contributed by atoms with van der Waals surface area (Å²) in [5.41, 5.74) is 8.56. The van der Waals surface area contributed by atoms with E-state index < -0.39 is 11.9 Å². The molecule has 1 fully saturated rings. The van der Waals surface area contributed by atoms with Crippen LogP contribution in [0.5, 0.6) is 0 Å². The van der Waals surface area contributed by atoms with Crippen molar-refractivity contribution in [3.05, 3.63) is 58.0 Å². The number of benzene rings is 1. The topological polar surface area (TPSA) is 109 Å². The predicted octanol–water partition coefficient (Wildman–Crippen LogP) is 2.29. The molecular formula is C23H27ClFN5O2. The third-order valence-electron chi connectivity index (χ3n) is 6.19. The minimum atomic E-state index is -0.662. The highest BCUT2D eigenvalue weighted by atomic mass is 35.5. The molecule has 0 bridgehead atoms. The van der Waals surface area contributed by atoms with Crippen LogP contribution in [-0.2, 0) is 22.4 Å². The lowest BCUT2D eigenvalue weighted by Gasteiger charge is -2.20. The number of nitrogens with two attached hydrogens (primary N) is 1. The number of nitrogens with zero attached hydrogens (tertiary/aromatic N) is 1. The molecule has 1 aromatic carbocycles. The zero-order valence-electron chi connectivity index (χ0n) is 17.8. The summed E-state index contributed by atoms with van der Waals surface area (Å²) in [6.07, 6.45) is 2.86. The maximum atomic E-state index is 13.3. The Balaban J connectivity index is 1.26. The van der Waals surface area contributed by atoms with E-state index in [1.165, 1.54) is 6.07 Å². The summed E-state index contributed by atoms with van der Waals surface area (Å²) in [5, 5.41) is 9.13. The van der Waals surface area contributed by atoms with Gasteiger partial charge in [0.2, 0.25) is 11.8 Å². The van der Waals surface area contributed by atoms with Gasteiger partial charge in [-0.05, 0) is 74.4 Å². The van der Waals surface area contributed by atoms with Crippen LogP contribution in [0.3, 0.4) is 0 Å². The standard InChI is InChI=1S/C23H27ClFN5O2/c1-12(22(31)30-19-6-5-18-15(19)3-7-21(26)29-18)28-23(32)20-10-14(11-27-20)8-13-2-4-17(25)16(24)9-13/h2-4,7,9,12,14,19-20,27H,5-6,8,10-11H2,1H3,(H2,26,29)(H,28,32)(H,30,31)/t12-,14-,19?,20+/m0/s1. The molecule has 9 heteroatoms. The van der Waals surface area contributed by atoms with Crippen molar-refractivity contribution < 1.29 is 14.0 Å². The highest BCUT2D eigenvalue weighted by molar-refractivity contribution is 6.30. The summed E-state index contributed by atoms with van der Waals surface area (Å²) in [7, 11) is 0. The van der Waals surface area contributed by atoms with Gasteiger partial charge < -0.3 is 21.7 Å². The molecule has 4 rings (SSSR count). The smallest absolute Gasteiger partial charge is 0.242 e. The lowest BCUT2D eigenvalue weighted by molar-refractivity contribution is -0.129. The second kappa shape index (κ2) is 9.42. The van der Waals surface area contributed by atoms with Crippen molar-refractivity contribution in [2.75, 3.05) is 12.3 Å². The van der Waals surface area contributed by atoms with Crippen LogP contribution in [0.4, 0.5) is 10.2 Å². The van der Waals surface area contributed by atoms with Crippen LogP contribution < -0.4 is 21.7 Å². The SMILES string of the molecule is C[C@H](NC(=O)[C@H]1C[C@H](Cc2ccc(F)c(Cl)c2)CN1)C(=O)NC1CCc2nc(N)ccc21. The van der Waals surface area contributed by atoms with E-state index in [1.807, 2.05) is 6.07 Å². The maximum Gasteiger partial charge on any atom is 0.242 e. The van der Waals surface area contributed by atoms with Gasteiger partial charge in [0, 0.05) is 5.69 Å². The van der Waals surface area contributed by atoms with E-state index in [9.17, 15) is 14.0 Å². The molecule has 1 unspecified atom stereocenters. The monoisotopic (exact) mass is 459 g/mol. The van der Waals surface area contributed by atoms with E-state index in [1.54, 1.807) is 25.1 Å². The Bertz CT molecular complexity index is 1030. The summed E-state index contributed by atoms with van der Waals surface area (Å²) in [6, 6.07) is 7.18. The zero-order chi connectivity index (χ0) is 22.8. The van der Waals surface area contributed by atoms with Gasteiger partial charge in [0.1, 0.15) is 17.7 Å². The van der Waals surface area contributed by atoms with Gasteiger partial charge in [0.05, 0.1) is 17.1 Å². The van der Waals surface area contributed by atoms with Crippen molar-refractivity contribution in [3.63, 3.8) is 0 Å². The van der Waals surface area contributed by atoms with Crippen molar-refractivity contribution in [1.82, 2.24) is 20.9 Å². The number of hydrogen-bond acceptors (Lipinski definition) is 5. The maximum absolute atomic E-state index is 13.3. The quantitative estimate of drug-likeness (QED) is 0.530. The Labute approximate surface area is 191 Å².